The SMILES string of the molecule is O=C(CC(O)c1cccc(F)c1)N1CCC(Nc2ccccc2)CC1. The number of hydrogen-bond acceptors (Lipinski definition) is 3. The molecule has 0 bridgehead atoms. The van der Waals surface area contributed by atoms with E-state index in [1.54, 1.807) is 17.0 Å². The molecule has 1 aliphatic rings. The fourth-order valence-electron chi connectivity index (χ4n) is 3.17. The van der Waals surface area contributed by atoms with E-state index in [-0.39, 0.29) is 12.3 Å². The largest absolute Gasteiger partial charge is 0.388 e. The molecule has 0 saturated carbocycles. The number of piperidine rings is 1. The molecule has 0 aliphatic carbocycles. The number of carbonyl (C=O) groups is 1. The zero-order chi connectivity index (χ0) is 17.6. The molecule has 1 unspecified atom stereocenters. The second kappa shape index (κ2) is 8.12. The van der Waals surface area contributed by atoms with Gasteiger partial charge >= 0.3 is 0 Å². The molecule has 0 spiro atoms. The lowest BCUT2D eigenvalue weighted by molar-refractivity contribution is -0.134. The number of aliphatic hydroxyl groups is 1. The van der Waals surface area contributed by atoms with Crippen LogP contribution in [0.25, 0.3) is 0 Å². The fraction of sp³-hybridized carbons (Fsp3) is 0.350. The average molecular weight is 342 g/mol. The number of carbonyl (C=O) groups excluding carboxylic acids is 1. The maximum absolute atomic E-state index is 13.2. The Hall–Kier alpha value is -2.40. The number of likely N-dealkylation sites (tertiary alicyclic amines) is 1. The second-order valence-electron chi connectivity index (χ2n) is 6.44. The minimum absolute atomic E-state index is 0.0137. The van der Waals surface area contributed by atoms with E-state index in [9.17, 15) is 14.3 Å². The number of amides is 1. The first kappa shape index (κ1) is 17.4. The molecule has 1 atom stereocenters. The van der Waals surface area contributed by atoms with Crippen molar-refractivity contribution in [1.29, 1.82) is 0 Å². The highest BCUT2D eigenvalue weighted by Crippen LogP contribution is 2.21. The predicted molar refractivity (Wildman–Crippen MR) is 95.6 cm³/mol. The van der Waals surface area contributed by atoms with Crippen molar-refractivity contribution in [3.63, 3.8) is 0 Å². The lowest BCUT2D eigenvalue weighted by atomic mass is 10.0. The quantitative estimate of drug-likeness (QED) is 0.876. The van der Waals surface area contributed by atoms with E-state index >= 15 is 0 Å². The molecule has 0 aromatic heterocycles. The number of hydrogen-bond donors (Lipinski definition) is 2. The molecule has 1 amide bonds. The molecule has 2 aromatic carbocycles. The van der Waals surface area contributed by atoms with Crippen LogP contribution in [-0.4, -0.2) is 35.0 Å². The molecule has 1 heterocycles. The smallest absolute Gasteiger partial charge is 0.225 e. The zero-order valence-corrected chi connectivity index (χ0v) is 14.1. The highest BCUT2D eigenvalue weighted by atomic mass is 19.1. The van der Waals surface area contributed by atoms with Crippen LogP contribution in [0.4, 0.5) is 10.1 Å². The molecule has 3 rings (SSSR count). The summed E-state index contributed by atoms with van der Waals surface area (Å²) in [7, 11) is 0. The summed E-state index contributed by atoms with van der Waals surface area (Å²) in [5.41, 5.74) is 1.53. The molecule has 4 nitrogen and oxygen atoms in total. The van der Waals surface area contributed by atoms with Crippen molar-refractivity contribution in [2.75, 3.05) is 18.4 Å². The van der Waals surface area contributed by atoms with E-state index < -0.39 is 11.9 Å². The second-order valence-corrected chi connectivity index (χ2v) is 6.44. The van der Waals surface area contributed by atoms with Crippen molar-refractivity contribution in [1.82, 2.24) is 4.90 Å². The van der Waals surface area contributed by atoms with Gasteiger partial charge in [-0.3, -0.25) is 4.79 Å². The highest BCUT2D eigenvalue weighted by molar-refractivity contribution is 5.77. The van der Waals surface area contributed by atoms with E-state index in [4.69, 9.17) is 0 Å². The molecule has 2 aromatic rings. The number of aliphatic hydroxyl groups excluding tert-OH is 1. The van der Waals surface area contributed by atoms with Crippen LogP contribution in [0.2, 0.25) is 0 Å². The van der Waals surface area contributed by atoms with Gasteiger partial charge in [0.05, 0.1) is 12.5 Å². The molecule has 1 saturated heterocycles. The third kappa shape index (κ3) is 4.79. The van der Waals surface area contributed by atoms with Gasteiger partial charge in [0.25, 0.3) is 0 Å². The van der Waals surface area contributed by atoms with E-state index in [0.29, 0.717) is 24.7 Å². The number of nitrogens with zero attached hydrogens (tertiary/aromatic N) is 1. The number of rotatable bonds is 5. The Morgan fingerprint density at radius 1 is 1.16 bits per heavy atom. The number of nitrogens with one attached hydrogen (secondary N) is 1. The Bertz CT molecular complexity index is 700. The number of para-hydroxylation sites is 1. The summed E-state index contributed by atoms with van der Waals surface area (Å²) in [6.07, 6.45) is 0.761. The van der Waals surface area contributed by atoms with Crippen molar-refractivity contribution in [2.24, 2.45) is 0 Å². The van der Waals surface area contributed by atoms with Crippen LogP contribution in [-0.2, 0) is 4.79 Å². The van der Waals surface area contributed by atoms with Crippen LogP contribution < -0.4 is 5.32 Å². The van der Waals surface area contributed by atoms with Gasteiger partial charge in [-0.15, -0.1) is 0 Å². The standard InChI is InChI=1S/C20H23FN2O2/c21-16-6-4-5-15(13-16)19(24)14-20(25)23-11-9-18(10-12-23)22-17-7-2-1-3-8-17/h1-8,13,18-19,22,24H,9-12,14H2. The predicted octanol–water partition coefficient (Wildman–Crippen LogP) is 3.35. The van der Waals surface area contributed by atoms with Gasteiger partial charge in [-0.2, -0.15) is 0 Å². The Balaban J connectivity index is 1.48. The van der Waals surface area contributed by atoms with Crippen molar-refractivity contribution in [3.05, 3.63) is 66.0 Å². The number of benzene rings is 2. The normalized spacial score (nSPS) is 16.5. The molecule has 5 heteroatoms. The highest BCUT2D eigenvalue weighted by Gasteiger charge is 2.24. The maximum Gasteiger partial charge on any atom is 0.225 e. The molecular weight excluding hydrogens is 319 g/mol. The van der Waals surface area contributed by atoms with Crippen molar-refractivity contribution in [2.45, 2.75) is 31.4 Å². The molecule has 1 fully saturated rings. The molecule has 1 aliphatic heterocycles. The Labute approximate surface area is 147 Å². The summed E-state index contributed by atoms with van der Waals surface area (Å²) in [4.78, 5) is 14.2. The van der Waals surface area contributed by atoms with Gasteiger partial charge in [0.1, 0.15) is 5.82 Å². The first-order valence-corrected chi connectivity index (χ1v) is 8.65. The minimum Gasteiger partial charge on any atom is -0.388 e. The van der Waals surface area contributed by atoms with Gasteiger partial charge in [0.2, 0.25) is 5.91 Å². The van der Waals surface area contributed by atoms with Crippen molar-refractivity contribution >= 4 is 11.6 Å². The molecular formula is C20H23FN2O2. The number of halogens is 1. The van der Waals surface area contributed by atoms with Crippen LogP contribution >= 0.6 is 0 Å². The summed E-state index contributed by atoms with van der Waals surface area (Å²) < 4.78 is 13.2. The molecule has 132 valence electrons. The molecule has 25 heavy (non-hydrogen) atoms. The van der Waals surface area contributed by atoms with Crippen molar-refractivity contribution < 1.29 is 14.3 Å². The topological polar surface area (TPSA) is 52.6 Å². The summed E-state index contributed by atoms with van der Waals surface area (Å²) in [5.74, 6) is -0.494. The monoisotopic (exact) mass is 342 g/mol. The van der Waals surface area contributed by atoms with Gasteiger partial charge in [0.15, 0.2) is 0 Å². The summed E-state index contributed by atoms with van der Waals surface area (Å²) in [6, 6.07) is 16.2. The van der Waals surface area contributed by atoms with Gasteiger partial charge in [-0.05, 0) is 42.7 Å². The van der Waals surface area contributed by atoms with E-state index in [1.165, 1.54) is 12.1 Å². The lowest BCUT2D eigenvalue weighted by Gasteiger charge is -2.33. The van der Waals surface area contributed by atoms with Gasteiger partial charge in [-0.1, -0.05) is 30.3 Å². The number of anilines is 1. The van der Waals surface area contributed by atoms with Gasteiger partial charge < -0.3 is 15.3 Å². The summed E-state index contributed by atoms with van der Waals surface area (Å²) in [6.45, 7) is 1.33. The van der Waals surface area contributed by atoms with Crippen LogP contribution in [0, 0.1) is 5.82 Å². The third-order valence-electron chi connectivity index (χ3n) is 4.59. The third-order valence-corrected chi connectivity index (χ3v) is 4.59. The van der Waals surface area contributed by atoms with Gasteiger partial charge in [0, 0.05) is 24.8 Å². The van der Waals surface area contributed by atoms with Crippen LogP contribution in [0.5, 0.6) is 0 Å². The Morgan fingerprint density at radius 3 is 2.56 bits per heavy atom. The molecule has 2 N–H and O–H groups in total. The Kier molecular flexibility index (Phi) is 5.66. The van der Waals surface area contributed by atoms with Crippen LogP contribution in [0.3, 0.4) is 0 Å². The summed E-state index contributed by atoms with van der Waals surface area (Å²) >= 11 is 0. The zero-order valence-electron chi connectivity index (χ0n) is 14.1. The van der Waals surface area contributed by atoms with Crippen LogP contribution in [0.15, 0.2) is 54.6 Å². The maximum atomic E-state index is 13.2. The minimum atomic E-state index is -0.969. The van der Waals surface area contributed by atoms with Gasteiger partial charge in [-0.25, -0.2) is 4.39 Å². The first-order valence-electron chi connectivity index (χ1n) is 8.65. The Morgan fingerprint density at radius 2 is 1.88 bits per heavy atom. The average Bonchev–Trinajstić information content (AvgIpc) is 2.63. The summed E-state index contributed by atoms with van der Waals surface area (Å²) in [5, 5.41) is 13.7. The van der Waals surface area contributed by atoms with Crippen molar-refractivity contribution in [3.8, 4) is 0 Å². The molecule has 0 radical (unpaired) electrons. The van der Waals surface area contributed by atoms with E-state index in [0.717, 1.165) is 18.5 Å². The lowest BCUT2D eigenvalue weighted by Crippen LogP contribution is -2.42. The fourth-order valence-corrected chi connectivity index (χ4v) is 3.17. The van der Waals surface area contributed by atoms with Crippen LogP contribution in [0.1, 0.15) is 30.9 Å². The van der Waals surface area contributed by atoms with E-state index in [2.05, 4.69) is 5.32 Å². The first-order chi connectivity index (χ1) is 12.1. The van der Waals surface area contributed by atoms with E-state index in [1.807, 2.05) is 30.3 Å².